The van der Waals surface area contributed by atoms with E-state index in [2.05, 4.69) is 26.6 Å². The molecule has 2 aromatic carbocycles. The highest BCUT2D eigenvalue weighted by molar-refractivity contribution is 6.00. The molecule has 2 aliphatic heterocycles. The van der Waals surface area contributed by atoms with Crippen molar-refractivity contribution in [3.8, 4) is 16.9 Å². The van der Waals surface area contributed by atoms with Crippen molar-refractivity contribution in [1.82, 2.24) is 44.0 Å². The molecule has 5 aliphatic rings. The summed E-state index contributed by atoms with van der Waals surface area (Å²) in [5.41, 5.74) is 4.95. The van der Waals surface area contributed by atoms with E-state index in [-0.39, 0.29) is 35.4 Å². The van der Waals surface area contributed by atoms with Gasteiger partial charge in [0.15, 0.2) is 17.4 Å². The van der Waals surface area contributed by atoms with Crippen molar-refractivity contribution in [2.24, 2.45) is 12.5 Å². The van der Waals surface area contributed by atoms with Crippen LogP contribution in [-0.4, -0.2) is 95.5 Å². The third-order valence-corrected chi connectivity index (χ3v) is 14.7. The van der Waals surface area contributed by atoms with Crippen molar-refractivity contribution in [2.75, 3.05) is 44.2 Å². The Morgan fingerprint density at radius 1 is 0.908 bits per heavy atom. The molecule has 65 heavy (non-hydrogen) atoms. The van der Waals surface area contributed by atoms with E-state index in [4.69, 9.17) is 15.0 Å². The number of anilines is 1. The van der Waals surface area contributed by atoms with E-state index in [0.717, 1.165) is 118 Å². The number of piperidine rings is 1. The summed E-state index contributed by atoms with van der Waals surface area (Å²) >= 11 is 0. The van der Waals surface area contributed by atoms with E-state index >= 15 is 0 Å². The number of hydrogen-bond donors (Lipinski definition) is 3. The van der Waals surface area contributed by atoms with Crippen molar-refractivity contribution in [2.45, 2.75) is 75.7 Å². The number of fused-ring (bicyclic) bond motifs is 5. The maximum absolute atomic E-state index is 14.3. The van der Waals surface area contributed by atoms with Crippen molar-refractivity contribution >= 4 is 40.4 Å². The summed E-state index contributed by atoms with van der Waals surface area (Å²) < 4.78 is 47.2. The van der Waals surface area contributed by atoms with Crippen LogP contribution in [0.3, 0.4) is 0 Å². The molecule has 0 unspecified atom stereocenters. The maximum atomic E-state index is 14.3. The van der Waals surface area contributed by atoms with E-state index in [1.165, 1.54) is 4.57 Å². The van der Waals surface area contributed by atoms with Gasteiger partial charge in [-0.15, -0.1) is 0 Å². The van der Waals surface area contributed by atoms with Crippen LogP contribution in [0.5, 0.6) is 5.75 Å². The molecular formula is C47H49F3N10O5. The largest absolute Gasteiger partial charge is 0.503 e. The molecule has 3 saturated carbocycles. The molecule has 4 aromatic heterocycles. The summed E-state index contributed by atoms with van der Waals surface area (Å²) in [6, 6.07) is 9.86. The first-order chi connectivity index (χ1) is 31.3. The molecule has 2 bridgehead atoms. The molecular weight excluding hydrogens is 842 g/mol. The number of piperazine rings is 1. The zero-order valence-corrected chi connectivity index (χ0v) is 36.0. The number of aromatic hydroxyl groups is 1. The van der Waals surface area contributed by atoms with Gasteiger partial charge >= 0.3 is 5.69 Å². The molecule has 0 spiro atoms. The third-order valence-electron chi connectivity index (χ3n) is 14.7. The summed E-state index contributed by atoms with van der Waals surface area (Å²) in [5.74, 6) is -7.16. The summed E-state index contributed by atoms with van der Waals surface area (Å²) in [7, 11) is 1.71. The first-order valence-corrected chi connectivity index (χ1v) is 22.3. The van der Waals surface area contributed by atoms with Crippen molar-refractivity contribution in [1.29, 1.82) is 0 Å². The number of pyridine rings is 1. The monoisotopic (exact) mass is 890 g/mol. The van der Waals surface area contributed by atoms with Gasteiger partial charge in [-0.05, 0) is 111 Å². The number of hydrogen-bond acceptors (Lipinski definition) is 10. The van der Waals surface area contributed by atoms with Gasteiger partial charge in [0.2, 0.25) is 23.6 Å². The Balaban J connectivity index is 0.711. The zero-order valence-electron chi connectivity index (χ0n) is 36.0. The second-order valence-electron chi connectivity index (χ2n) is 18.4. The average Bonchev–Trinajstić information content (AvgIpc) is 3.87. The molecule has 1 atom stereocenters. The number of imidazole rings is 2. The number of nitrogens with one attached hydrogen (secondary N) is 2. The highest BCUT2D eigenvalue weighted by atomic mass is 19.2. The molecule has 6 heterocycles. The Hall–Kier alpha value is -6.56. The number of aromatic nitrogens is 6. The number of halogens is 3. The first kappa shape index (κ1) is 42.4. The van der Waals surface area contributed by atoms with E-state index in [0.29, 0.717) is 24.0 Å². The SMILES string of the molecule is Cn1c(=O)n([C@@H]2CCC(=O)NC2=O)c2ccc(CCCN3CCN(c4ncc(-c5ccn6cc(C78CCC(CNC(=O)c9cc(F)c(O)c(F)c9F)(CC7)CC8)nc6c5)cn4)CC3)cc21. The standard InChI is InChI=1S/C47H49F3N10O5/c1-56-35-21-28(4-5-33(35)60(45(56)65)34-6-7-38(61)55-43(34)64)3-2-15-57-17-19-58(20-18-57)44-51-24-30(25-52-44)29-8-16-59-26-36(54-37(59)22-29)47-12-9-46(10-13-47,11-14-47)27-53-42(63)31-23-32(48)41(62)40(50)39(31)49/h4-5,8,16,21-26,34,62H,2-3,6-7,9-15,17-20,27H2,1H3,(H,53,63)(H,55,61,64)/t34-,46?,47?/m1/s1. The molecule has 0 radical (unpaired) electrons. The third kappa shape index (κ3) is 7.70. The van der Waals surface area contributed by atoms with Gasteiger partial charge in [0, 0.05) is 82.0 Å². The molecule has 3 aliphatic carbocycles. The van der Waals surface area contributed by atoms with E-state index in [1.54, 1.807) is 11.6 Å². The molecule has 6 aromatic rings. The quantitative estimate of drug-likeness (QED) is 0.114. The number of benzene rings is 2. The fourth-order valence-electron chi connectivity index (χ4n) is 10.5. The summed E-state index contributed by atoms with van der Waals surface area (Å²) in [6.45, 7) is 4.59. The topological polar surface area (TPSA) is 172 Å². The number of imide groups is 1. The van der Waals surface area contributed by atoms with Gasteiger partial charge in [0.05, 0.1) is 22.3 Å². The van der Waals surface area contributed by atoms with E-state index in [9.17, 15) is 37.5 Å². The minimum absolute atomic E-state index is 0.102. The maximum Gasteiger partial charge on any atom is 0.329 e. The van der Waals surface area contributed by atoms with Crippen LogP contribution in [0.4, 0.5) is 19.1 Å². The lowest BCUT2D eigenvalue weighted by atomic mass is 9.53. The number of amides is 3. The van der Waals surface area contributed by atoms with Crippen LogP contribution in [0.25, 0.3) is 27.8 Å². The second-order valence-corrected chi connectivity index (χ2v) is 18.4. The van der Waals surface area contributed by atoms with Gasteiger partial charge in [0.1, 0.15) is 11.7 Å². The highest BCUT2D eigenvalue weighted by Gasteiger charge is 2.50. The zero-order chi connectivity index (χ0) is 45.2. The number of phenols is 1. The van der Waals surface area contributed by atoms with Crippen LogP contribution < -0.4 is 21.2 Å². The number of rotatable bonds is 11. The number of carbonyl (C=O) groups excluding carboxylic acids is 3. The van der Waals surface area contributed by atoms with Crippen LogP contribution in [0.15, 0.2) is 66.0 Å². The second kappa shape index (κ2) is 16.5. The fourth-order valence-corrected chi connectivity index (χ4v) is 10.5. The van der Waals surface area contributed by atoms with Crippen LogP contribution in [-0.2, 0) is 28.5 Å². The Morgan fingerprint density at radius 2 is 1.65 bits per heavy atom. The Morgan fingerprint density at radius 3 is 2.37 bits per heavy atom. The minimum atomic E-state index is -1.78. The van der Waals surface area contributed by atoms with Gasteiger partial charge in [-0.25, -0.2) is 28.5 Å². The molecule has 3 N–H and O–H groups in total. The molecule has 338 valence electrons. The number of carbonyl (C=O) groups is 3. The molecule has 15 nitrogen and oxygen atoms in total. The number of phenolic OH excluding ortho intramolecular Hbond substituents is 1. The molecule has 5 fully saturated rings. The van der Waals surface area contributed by atoms with Gasteiger partial charge in [-0.1, -0.05) is 6.07 Å². The van der Waals surface area contributed by atoms with Crippen molar-refractivity contribution in [3.05, 3.63) is 106 Å². The van der Waals surface area contributed by atoms with Gasteiger partial charge in [-0.2, -0.15) is 4.39 Å². The lowest BCUT2D eigenvalue weighted by Gasteiger charge is -2.53. The molecule has 2 saturated heterocycles. The molecule has 11 rings (SSSR count). The van der Waals surface area contributed by atoms with Crippen LogP contribution >= 0.6 is 0 Å². The average molecular weight is 891 g/mol. The summed E-state index contributed by atoms with van der Waals surface area (Å²) in [6.07, 6.45) is 15.2. The molecule has 3 amide bonds. The fraction of sp³-hybridized carbons (Fsp3) is 0.426. The minimum Gasteiger partial charge on any atom is -0.503 e. The molecule has 18 heteroatoms. The van der Waals surface area contributed by atoms with Crippen LogP contribution in [0.1, 0.15) is 85.4 Å². The Kier molecular flexibility index (Phi) is 10.7. The van der Waals surface area contributed by atoms with Crippen molar-refractivity contribution < 1.29 is 32.7 Å². The van der Waals surface area contributed by atoms with Gasteiger partial charge < -0.3 is 19.7 Å². The normalized spacial score (nSPS) is 22.5. The first-order valence-electron chi connectivity index (χ1n) is 22.3. The van der Waals surface area contributed by atoms with Gasteiger partial charge in [0.25, 0.3) is 5.91 Å². The van der Waals surface area contributed by atoms with Crippen molar-refractivity contribution in [3.63, 3.8) is 0 Å². The lowest BCUT2D eigenvalue weighted by Crippen LogP contribution is -2.49. The Labute approximate surface area is 371 Å². The highest BCUT2D eigenvalue weighted by Crippen LogP contribution is 2.57. The lowest BCUT2D eigenvalue weighted by molar-refractivity contribution is -0.135. The smallest absolute Gasteiger partial charge is 0.329 e. The number of nitrogens with zero attached hydrogens (tertiary/aromatic N) is 8. The summed E-state index contributed by atoms with van der Waals surface area (Å²) in [4.78, 5) is 69.4. The predicted octanol–water partition coefficient (Wildman–Crippen LogP) is 5.32. The van der Waals surface area contributed by atoms with Crippen LogP contribution in [0.2, 0.25) is 0 Å². The van der Waals surface area contributed by atoms with E-state index < -0.39 is 46.6 Å². The predicted molar refractivity (Wildman–Crippen MR) is 234 cm³/mol. The summed E-state index contributed by atoms with van der Waals surface area (Å²) in [5, 5.41) is 14.4. The Bertz CT molecular complexity index is 2910. The van der Waals surface area contributed by atoms with Crippen LogP contribution in [0, 0.1) is 22.9 Å². The number of aryl methyl sites for hydroxylation is 2. The van der Waals surface area contributed by atoms with E-state index in [1.807, 2.05) is 53.3 Å². The van der Waals surface area contributed by atoms with Gasteiger partial charge in [-0.3, -0.25) is 33.7 Å².